The van der Waals surface area contributed by atoms with Gasteiger partial charge in [0.05, 0.1) is 0 Å². The van der Waals surface area contributed by atoms with E-state index in [-0.39, 0.29) is 12.2 Å². The average Bonchev–Trinajstić information content (AvgIpc) is 2.18. The number of ether oxygens (including phenoxy) is 1. The van der Waals surface area contributed by atoms with E-state index in [1.165, 1.54) is 19.1 Å². The van der Waals surface area contributed by atoms with E-state index in [2.05, 4.69) is 4.74 Å². The van der Waals surface area contributed by atoms with Crippen LogP contribution in [0.4, 0.5) is 13.2 Å². The topological polar surface area (TPSA) is 72.5 Å². The highest BCUT2D eigenvalue weighted by Crippen LogP contribution is 2.23. The Morgan fingerprint density at radius 1 is 1.33 bits per heavy atom. The third kappa shape index (κ3) is 4.25. The lowest BCUT2D eigenvalue weighted by Gasteiger charge is -2.19. The summed E-state index contributed by atoms with van der Waals surface area (Å²) in [5, 5.41) is 8.81. The van der Waals surface area contributed by atoms with Crippen LogP contribution < -0.4 is 10.5 Å². The van der Waals surface area contributed by atoms with Crippen LogP contribution in [0, 0.1) is 0 Å². The molecule has 18 heavy (non-hydrogen) atoms. The molecule has 4 nitrogen and oxygen atoms in total. The van der Waals surface area contributed by atoms with Gasteiger partial charge in [0, 0.05) is 6.42 Å². The van der Waals surface area contributed by atoms with Gasteiger partial charge in [0.1, 0.15) is 11.3 Å². The maximum atomic E-state index is 11.9. The van der Waals surface area contributed by atoms with Gasteiger partial charge in [-0.05, 0) is 24.6 Å². The molecule has 0 aromatic heterocycles. The number of hydrogen-bond acceptors (Lipinski definition) is 3. The highest BCUT2D eigenvalue weighted by Gasteiger charge is 2.31. The number of nitrogens with two attached hydrogens (primary N) is 1. The van der Waals surface area contributed by atoms with Crippen LogP contribution in [0.25, 0.3) is 0 Å². The molecule has 0 saturated heterocycles. The lowest BCUT2D eigenvalue weighted by atomic mass is 9.94. The normalized spacial score (nSPS) is 14.9. The summed E-state index contributed by atoms with van der Waals surface area (Å²) in [7, 11) is 0. The minimum atomic E-state index is -4.75. The fourth-order valence-electron chi connectivity index (χ4n) is 1.31. The Kier molecular flexibility index (Phi) is 3.85. The molecule has 0 aliphatic carbocycles. The van der Waals surface area contributed by atoms with E-state index in [1.807, 2.05) is 0 Å². The largest absolute Gasteiger partial charge is 0.573 e. The van der Waals surface area contributed by atoms with Gasteiger partial charge in [-0.1, -0.05) is 12.1 Å². The molecule has 0 spiro atoms. The molecule has 1 unspecified atom stereocenters. The van der Waals surface area contributed by atoms with Gasteiger partial charge in [-0.25, -0.2) is 0 Å². The lowest BCUT2D eigenvalue weighted by molar-refractivity contribution is -0.274. The summed E-state index contributed by atoms with van der Waals surface area (Å²) in [5.41, 5.74) is 4.57. The maximum absolute atomic E-state index is 11.9. The van der Waals surface area contributed by atoms with E-state index in [1.54, 1.807) is 0 Å². The van der Waals surface area contributed by atoms with Crippen LogP contribution in [0.1, 0.15) is 12.5 Å². The van der Waals surface area contributed by atoms with E-state index in [9.17, 15) is 18.0 Å². The van der Waals surface area contributed by atoms with Crippen LogP contribution in [-0.2, 0) is 11.2 Å². The molecule has 3 N–H and O–H groups in total. The Morgan fingerprint density at radius 2 is 1.83 bits per heavy atom. The number of carbonyl (C=O) groups is 1. The van der Waals surface area contributed by atoms with E-state index in [0.29, 0.717) is 5.56 Å². The SMILES string of the molecule is CC(N)(Cc1ccc(OC(F)(F)F)cc1)C(=O)O. The zero-order chi connectivity index (χ0) is 14.0. The summed E-state index contributed by atoms with van der Waals surface area (Å²) in [6, 6.07) is 4.91. The van der Waals surface area contributed by atoms with Gasteiger partial charge in [-0.15, -0.1) is 13.2 Å². The number of carboxylic acid groups (broad SMARTS) is 1. The molecule has 7 heteroatoms. The second-order valence-corrected chi connectivity index (χ2v) is 4.09. The predicted octanol–water partition coefficient (Wildman–Crippen LogP) is 1.93. The molecule has 0 heterocycles. The number of benzene rings is 1. The molecule has 0 aliphatic rings. The van der Waals surface area contributed by atoms with Gasteiger partial charge in [-0.3, -0.25) is 4.79 Å². The van der Waals surface area contributed by atoms with Gasteiger partial charge in [-0.2, -0.15) is 0 Å². The zero-order valence-electron chi connectivity index (χ0n) is 9.49. The van der Waals surface area contributed by atoms with Gasteiger partial charge in [0.2, 0.25) is 0 Å². The van der Waals surface area contributed by atoms with Gasteiger partial charge in [0.15, 0.2) is 0 Å². The summed E-state index contributed by atoms with van der Waals surface area (Å²) < 4.78 is 39.4. The van der Waals surface area contributed by atoms with Gasteiger partial charge in [0.25, 0.3) is 0 Å². The maximum Gasteiger partial charge on any atom is 0.573 e. The summed E-state index contributed by atoms with van der Waals surface area (Å²) in [5.74, 6) is -1.54. The average molecular weight is 263 g/mol. The standard InChI is InChI=1S/C11H12F3NO3/c1-10(15,9(16)17)6-7-2-4-8(5-3-7)18-11(12,13)14/h2-5H,6,15H2,1H3,(H,16,17). The van der Waals surface area contributed by atoms with Crippen molar-refractivity contribution in [1.82, 2.24) is 0 Å². The quantitative estimate of drug-likeness (QED) is 0.870. The van der Waals surface area contributed by atoms with Crippen LogP contribution in [0.15, 0.2) is 24.3 Å². The van der Waals surface area contributed by atoms with Crippen molar-refractivity contribution < 1.29 is 27.8 Å². The second-order valence-electron chi connectivity index (χ2n) is 4.09. The van der Waals surface area contributed by atoms with E-state index >= 15 is 0 Å². The Bertz CT molecular complexity index is 426. The molecule has 0 radical (unpaired) electrons. The van der Waals surface area contributed by atoms with Crippen LogP contribution in [0.2, 0.25) is 0 Å². The van der Waals surface area contributed by atoms with Crippen molar-refractivity contribution in [3.8, 4) is 5.75 Å². The van der Waals surface area contributed by atoms with Crippen molar-refractivity contribution in [2.75, 3.05) is 0 Å². The van der Waals surface area contributed by atoms with Crippen molar-refractivity contribution in [2.24, 2.45) is 5.73 Å². The van der Waals surface area contributed by atoms with Crippen molar-refractivity contribution in [2.45, 2.75) is 25.2 Å². The van der Waals surface area contributed by atoms with Gasteiger partial charge >= 0.3 is 12.3 Å². The fourth-order valence-corrected chi connectivity index (χ4v) is 1.31. The van der Waals surface area contributed by atoms with E-state index in [4.69, 9.17) is 10.8 Å². The van der Waals surface area contributed by atoms with Crippen molar-refractivity contribution >= 4 is 5.97 Å². The van der Waals surface area contributed by atoms with Crippen molar-refractivity contribution in [1.29, 1.82) is 0 Å². The molecule has 1 aromatic carbocycles. The minimum Gasteiger partial charge on any atom is -0.480 e. The number of carboxylic acids is 1. The van der Waals surface area contributed by atoms with Crippen molar-refractivity contribution in [3.05, 3.63) is 29.8 Å². The first-order chi connectivity index (χ1) is 8.10. The third-order valence-corrected chi connectivity index (χ3v) is 2.22. The van der Waals surface area contributed by atoms with Crippen LogP contribution in [-0.4, -0.2) is 23.0 Å². The smallest absolute Gasteiger partial charge is 0.480 e. The molecule has 1 rings (SSSR count). The zero-order valence-corrected chi connectivity index (χ0v) is 9.49. The molecule has 0 amide bonds. The Labute approximate surface area is 101 Å². The molecule has 100 valence electrons. The molecule has 0 bridgehead atoms. The third-order valence-electron chi connectivity index (χ3n) is 2.22. The molecule has 0 aliphatic heterocycles. The number of alkyl halides is 3. The first kappa shape index (κ1) is 14.3. The predicted molar refractivity (Wildman–Crippen MR) is 57.1 cm³/mol. The summed E-state index contributed by atoms with van der Waals surface area (Å²) in [6.07, 6.45) is -4.74. The van der Waals surface area contributed by atoms with Crippen molar-refractivity contribution in [3.63, 3.8) is 0 Å². The van der Waals surface area contributed by atoms with Gasteiger partial charge < -0.3 is 15.6 Å². The summed E-state index contributed by atoms with van der Waals surface area (Å²) >= 11 is 0. The van der Waals surface area contributed by atoms with E-state index < -0.39 is 17.9 Å². The van der Waals surface area contributed by atoms with Crippen LogP contribution in [0.5, 0.6) is 5.75 Å². The number of aliphatic carboxylic acids is 1. The molecule has 0 saturated carbocycles. The molecular weight excluding hydrogens is 251 g/mol. The van der Waals surface area contributed by atoms with Crippen LogP contribution in [0.3, 0.4) is 0 Å². The molecular formula is C11H12F3NO3. The Balaban J connectivity index is 2.75. The monoisotopic (exact) mass is 263 g/mol. The summed E-state index contributed by atoms with van der Waals surface area (Å²) in [4.78, 5) is 10.8. The highest BCUT2D eigenvalue weighted by molar-refractivity contribution is 5.78. The number of rotatable bonds is 4. The van der Waals surface area contributed by atoms with E-state index in [0.717, 1.165) is 12.1 Å². The first-order valence-corrected chi connectivity index (χ1v) is 4.97. The van der Waals surface area contributed by atoms with Crippen LogP contribution >= 0.6 is 0 Å². The number of hydrogen-bond donors (Lipinski definition) is 2. The number of halogens is 3. The minimum absolute atomic E-state index is 0.00856. The molecule has 1 atom stereocenters. The lowest BCUT2D eigenvalue weighted by Crippen LogP contribution is -2.46. The highest BCUT2D eigenvalue weighted by atomic mass is 19.4. The Morgan fingerprint density at radius 3 is 2.22 bits per heavy atom. The fraction of sp³-hybridized carbons (Fsp3) is 0.364. The summed E-state index contributed by atoms with van der Waals surface area (Å²) in [6.45, 7) is 1.33. The second kappa shape index (κ2) is 4.85. The Hall–Kier alpha value is -1.76. The molecule has 1 aromatic rings. The first-order valence-electron chi connectivity index (χ1n) is 4.97. The molecule has 0 fully saturated rings.